The molecule has 0 aliphatic heterocycles. The second-order valence-corrected chi connectivity index (χ2v) is 4.69. The van der Waals surface area contributed by atoms with E-state index in [0.717, 1.165) is 17.2 Å². The van der Waals surface area contributed by atoms with Crippen molar-refractivity contribution in [3.8, 4) is 5.75 Å². The van der Waals surface area contributed by atoms with Gasteiger partial charge in [-0.1, -0.05) is 29.8 Å². The topological polar surface area (TPSA) is 107 Å². The Morgan fingerprint density at radius 3 is 2.55 bits per heavy atom. The maximum atomic E-state index is 11.7. The Bertz CT molecular complexity index is 698. The molecule has 0 unspecified atom stereocenters. The number of hydrogen-bond acceptors (Lipinski definition) is 5. The van der Waals surface area contributed by atoms with E-state index in [0.29, 0.717) is 0 Å². The van der Waals surface area contributed by atoms with Gasteiger partial charge in [-0.25, -0.2) is 5.84 Å². The van der Waals surface area contributed by atoms with Crippen LogP contribution >= 0.6 is 0 Å². The zero-order valence-corrected chi connectivity index (χ0v) is 11.9. The van der Waals surface area contributed by atoms with Gasteiger partial charge in [-0.2, -0.15) is 0 Å². The van der Waals surface area contributed by atoms with E-state index >= 15 is 0 Å². The second kappa shape index (κ2) is 6.68. The fraction of sp³-hybridized carbons (Fsp3) is 0.133. The molecule has 0 saturated heterocycles. The lowest BCUT2D eigenvalue weighted by Crippen LogP contribution is -2.30. The molecule has 0 heterocycles. The lowest BCUT2D eigenvalue weighted by Gasteiger charge is -2.10. The molecular weight excluding hydrogens is 286 g/mol. The first-order chi connectivity index (χ1) is 10.5. The summed E-state index contributed by atoms with van der Waals surface area (Å²) in [5.41, 5.74) is 3.81. The number of benzene rings is 2. The van der Waals surface area contributed by atoms with Crippen LogP contribution in [-0.4, -0.2) is 10.8 Å². The largest absolute Gasteiger partial charge is 0.488 e. The number of nitrogens with two attached hydrogens (primary N) is 1. The minimum Gasteiger partial charge on any atom is -0.488 e. The Kier molecular flexibility index (Phi) is 4.70. The molecule has 0 saturated carbocycles. The monoisotopic (exact) mass is 301 g/mol. The highest BCUT2D eigenvalue weighted by molar-refractivity contribution is 5.97. The van der Waals surface area contributed by atoms with Gasteiger partial charge in [-0.3, -0.25) is 20.3 Å². The molecule has 0 fully saturated rings. The molecule has 7 heteroatoms. The summed E-state index contributed by atoms with van der Waals surface area (Å²) in [6.45, 7) is 2.22. The molecule has 2 aromatic carbocycles. The van der Waals surface area contributed by atoms with Crippen molar-refractivity contribution >= 4 is 11.6 Å². The van der Waals surface area contributed by atoms with Crippen LogP contribution in [0.2, 0.25) is 0 Å². The predicted octanol–water partition coefficient (Wildman–Crippen LogP) is 2.09. The number of aryl methyl sites for hydroxylation is 1. The van der Waals surface area contributed by atoms with E-state index in [2.05, 4.69) is 0 Å². The fourth-order valence-electron chi connectivity index (χ4n) is 1.86. The van der Waals surface area contributed by atoms with Crippen LogP contribution in [0.1, 0.15) is 21.5 Å². The van der Waals surface area contributed by atoms with Gasteiger partial charge in [-0.15, -0.1) is 0 Å². The van der Waals surface area contributed by atoms with Crippen molar-refractivity contribution in [2.24, 2.45) is 5.84 Å². The molecule has 114 valence electrons. The van der Waals surface area contributed by atoms with Crippen LogP contribution in [0.25, 0.3) is 0 Å². The number of carbonyl (C=O) groups is 1. The Morgan fingerprint density at radius 1 is 1.27 bits per heavy atom. The van der Waals surface area contributed by atoms with Crippen molar-refractivity contribution in [2.75, 3.05) is 0 Å². The maximum Gasteiger partial charge on any atom is 0.270 e. The van der Waals surface area contributed by atoms with E-state index in [1.165, 1.54) is 12.1 Å². The number of non-ortho nitro benzene ring substituents is 1. The zero-order valence-electron chi connectivity index (χ0n) is 11.9. The van der Waals surface area contributed by atoms with Gasteiger partial charge < -0.3 is 4.74 Å². The van der Waals surface area contributed by atoms with Gasteiger partial charge >= 0.3 is 0 Å². The molecule has 0 aromatic heterocycles. The van der Waals surface area contributed by atoms with E-state index < -0.39 is 10.8 Å². The zero-order chi connectivity index (χ0) is 16.1. The molecule has 3 N–H and O–H groups in total. The van der Waals surface area contributed by atoms with Crippen LogP contribution < -0.4 is 16.0 Å². The summed E-state index contributed by atoms with van der Waals surface area (Å²) in [4.78, 5) is 21.9. The predicted molar refractivity (Wildman–Crippen MR) is 80.3 cm³/mol. The summed E-state index contributed by atoms with van der Waals surface area (Å²) in [6, 6.07) is 11.5. The van der Waals surface area contributed by atoms with Crippen LogP contribution in [0.5, 0.6) is 5.75 Å². The maximum absolute atomic E-state index is 11.7. The smallest absolute Gasteiger partial charge is 0.270 e. The number of hydrazine groups is 1. The highest BCUT2D eigenvalue weighted by Gasteiger charge is 2.17. The number of nitrogens with one attached hydrogen (secondary N) is 1. The van der Waals surface area contributed by atoms with Gasteiger partial charge in [0.25, 0.3) is 11.6 Å². The van der Waals surface area contributed by atoms with Gasteiger partial charge in [0.05, 0.1) is 10.5 Å². The highest BCUT2D eigenvalue weighted by atomic mass is 16.6. The average Bonchev–Trinajstić information content (AvgIpc) is 2.53. The van der Waals surface area contributed by atoms with E-state index in [4.69, 9.17) is 10.6 Å². The van der Waals surface area contributed by atoms with E-state index in [1.54, 1.807) is 0 Å². The third-order valence-corrected chi connectivity index (χ3v) is 3.06. The third-order valence-electron chi connectivity index (χ3n) is 3.06. The molecular formula is C15H15N3O4. The molecule has 0 spiro atoms. The summed E-state index contributed by atoms with van der Waals surface area (Å²) in [5, 5.41) is 10.8. The summed E-state index contributed by atoms with van der Waals surface area (Å²) in [5.74, 6) is 4.68. The van der Waals surface area contributed by atoms with Crippen LogP contribution in [-0.2, 0) is 6.61 Å². The minimum absolute atomic E-state index is 0.0174. The van der Waals surface area contributed by atoms with Crippen molar-refractivity contribution in [2.45, 2.75) is 13.5 Å². The fourth-order valence-corrected chi connectivity index (χ4v) is 1.86. The third kappa shape index (κ3) is 3.58. The van der Waals surface area contributed by atoms with Gasteiger partial charge in [0.1, 0.15) is 12.4 Å². The SMILES string of the molecule is Cc1ccc(COc2ccc([N+](=O)[O-])cc2C(=O)NN)cc1. The summed E-state index contributed by atoms with van der Waals surface area (Å²) < 4.78 is 5.58. The van der Waals surface area contributed by atoms with Crippen LogP contribution in [0.4, 0.5) is 5.69 Å². The van der Waals surface area contributed by atoms with Crippen molar-refractivity contribution in [3.63, 3.8) is 0 Å². The molecule has 7 nitrogen and oxygen atoms in total. The van der Waals surface area contributed by atoms with Crippen molar-refractivity contribution < 1.29 is 14.5 Å². The number of nitrogens with zero attached hydrogens (tertiary/aromatic N) is 1. The first-order valence-corrected chi connectivity index (χ1v) is 6.49. The normalized spacial score (nSPS) is 10.1. The Balaban J connectivity index is 2.23. The van der Waals surface area contributed by atoms with E-state index in [1.807, 2.05) is 36.6 Å². The molecule has 0 atom stereocenters. The van der Waals surface area contributed by atoms with Crippen LogP contribution in [0.3, 0.4) is 0 Å². The molecule has 1 amide bonds. The Hall–Kier alpha value is -2.93. The number of carbonyl (C=O) groups excluding carboxylic acids is 1. The van der Waals surface area contributed by atoms with Gasteiger partial charge in [0.15, 0.2) is 0 Å². The van der Waals surface area contributed by atoms with Gasteiger partial charge in [0, 0.05) is 12.1 Å². The van der Waals surface area contributed by atoms with Crippen molar-refractivity contribution in [1.82, 2.24) is 5.43 Å². The van der Waals surface area contributed by atoms with Gasteiger partial charge in [0.2, 0.25) is 0 Å². The number of rotatable bonds is 5. The molecule has 0 aliphatic carbocycles. The molecule has 2 rings (SSSR count). The lowest BCUT2D eigenvalue weighted by molar-refractivity contribution is -0.384. The van der Waals surface area contributed by atoms with E-state index in [9.17, 15) is 14.9 Å². The highest BCUT2D eigenvalue weighted by Crippen LogP contribution is 2.25. The lowest BCUT2D eigenvalue weighted by atomic mass is 10.1. The van der Waals surface area contributed by atoms with E-state index in [-0.39, 0.29) is 23.6 Å². The van der Waals surface area contributed by atoms with Crippen molar-refractivity contribution in [1.29, 1.82) is 0 Å². The molecule has 0 aliphatic rings. The van der Waals surface area contributed by atoms with Crippen LogP contribution in [0, 0.1) is 17.0 Å². The first kappa shape index (κ1) is 15.5. The minimum atomic E-state index is -0.650. The standard InChI is InChI=1S/C15H15N3O4/c1-10-2-4-11(5-3-10)9-22-14-7-6-12(18(20)21)8-13(14)15(19)17-16/h2-8H,9,16H2,1H3,(H,17,19). The molecule has 0 bridgehead atoms. The van der Waals surface area contributed by atoms with Crippen LogP contribution in [0.15, 0.2) is 42.5 Å². The summed E-state index contributed by atoms with van der Waals surface area (Å²) in [7, 11) is 0. The molecule has 22 heavy (non-hydrogen) atoms. The van der Waals surface area contributed by atoms with Gasteiger partial charge in [-0.05, 0) is 18.6 Å². The second-order valence-electron chi connectivity index (χ2n) is 4.69. The molecule has 2 aromatic rings. The summed E-state index contributed by atoms with van der Waals surface area (Å²) >= 11 is 0. The Labute approximate surface area is 126 Å². The average molecular weight is 301 g/mol. The quantitative estimate of drug-likeness (QED) is 0.380. The number of nitro benzene ring substituents is 1. The molecule has 0 radical (unpaired) electrons. The number of amides is 1. The number of hydrogen-bond donors (Lipinski definition) is 2. The number of nitrogen functional groups attached to an aromatic ring is 1. The summed E-state index contributed by atoms with van der Waals surface area (Å²) in [6.07, 6.45) is 0. The van der Waals surface area contributed by atoms with Crippen molar-refractivity contribution in [3.05, 3.63) is 69.3 Å². The first-order valence-electron chi connectivity index (χ1n) is 6.49. The number of nitro groups is 1. The Morgan fingerprint density at radius 2 is 1.95 bits per heavy atom. The number of ether oxygens (including phenoxy) is 1.